The number of sulfonamides is 1. The Morgan fingerprint density at radius 3 is 2.21 bits per heavy atom. The molecule has 52 heavy (non-hydrogen) atoms. The van der Waals surface area contributed by atoms with E-state index < -0.39 is 69.1 Å². The van der Waals surface area contributed by atoms with E-state index in [4.69, 9.17) is 5.73 Å². The Morgan fingerprint density at radius 2 is 1.62 bits per heavy atom. The summed E-state index contributed by atoms with van der Waals surface area (Å²) in [6.45, 7) is 10.3. The van der Waals surface area contributed by atoms with Crippen molar-refractivity contribution in [3.63, 3.8) is 0 Å². The molecule has 2 aliphatic heterocycles. The highest BCUT2D eigenvalue weighted by Gasteiger charge is 2.70. The third-order valence-corrected chi connectivity index (χ3v) is 14.6. The fourth-order valence-electron chi connectivity index (χ4n) is 9.22. The Kier molecular flexibility index (Phi) is 10.6. The van der Waals surface area contributed by atoms with Crippen LogP contribution in [0.5, 0.6) is 0 Å². The van der Waals surface area contributed by atoms with Gasteiger partial charge in [-0.2, -0.15) is 4.31 Å². The van der Waals surface area contributed by atoms with Gasteiger partial charge in [0.2, 0.25) is 27.6 Å². The van der Waals surface area contributed by atoms with Gasteiger partial charge in [0.1, 0.15) is 12.1 Å². The summed E-state index contributed by atoms with van der Waals surface area (Å²) in [5, 5.41) is 8.83. The summed E-state index contributed by atoms with van der Waals surface area (Å²) in [4.78, 5) is 69.1. The number of likely N-dealkylation sites (tertiary alicyclic amines) is 1. The van der Waals surface area contributed by atoms with E-state index in [1.54, 1.807) is 12.1 Å². The van der Waals surface area contributed by atoms with Crippen LogP contribution in [0.25, 0.3) is 0 Å². The number of hydrogen-bond acceptors (Lipinski definition) is 7. The summed E-state index contributed by atoms with van der Waals surface area (Å²) in [5.41, 5.74) is 5.13. The van der Waals surface area contributed by atoms with Crippen LogP contribution in [0, 0.1) is 34.5 Å². The molecule has 5 amide bonds. The van der Waals surface area contributed by atoms with E-state index in [2.05, 4.69) is 29.8 Å². The molecule has 0 radical (unpaired) electrons. The zero-order valence-corrected chi connectivity index (χ0v) is 32.0. The van der Waals surface area contributed by atoms with Gasteiger partial charge in [-0.15, -0.1) is 0 Å². The number of benzene rings is 1. The molecule has 5 N–H and O–H groups in total. The molecule has 1 saturated heterocycles. The number of Topliss-reactive ketones (excluding diaryl/α,β-unsaturated/α-hetero) is 1. The van der Waals surface area contributed by atoms with Crippen LogP contribution < -0.4 is 21.7 Å². The Hall–Kier alpha value is -3.52. The average Bonchev–Trinajstić information content (AvgIpc) is 3.33. The average molecular weight is 741 g/mol. The van der Waals surface area contributed by atoms with Gasteiger partial charge in [-0.1, -0.05) is 91.3 Å². The summed E-state index contributed by atoms with van der Waals surface area (Å²) in [5.74, 6) is -2.66. The van der Waals surface area contributed by atoms with Crippen molar-refractivity contribution < 1.29 is 32.4 Å². The zero-order valence-electron chi connectivity index (χ0n) is 31.2. The van der Waals surface area contributed by atoms with E-state index in [0.29, 0.717) is 17.9 Å². The third kappa shape index (κ3) is 7.47. The first-order valence-corrected chi connectivity index (χ1v) is 20.4. The Morgan fingerprint density at radius 1 is 0.942 bits per heavy atom. The topological polar surface area (TPSA) is 188 Å². The van der Waals surface area contributed by atoms with Crippen molar-refractivity contribution >= 4 is 39.6 Å². The van der Waals surface area contributed by atoms with E-state index >= 15 is 0 Å². The van der Waals surface area contributed by atoms with Gasteiger partial charge in [-0.05, 0) is 65.4 Å². The summed E-state index contributed by atoms with van der Waals surface area (Å²) < 4.78 is 28.4. The molecule has 0 aromatic heterocycles. The van der Waals surface area contributed by atoms with Gasteiger partial charge in [0.15, 0.2) is 0 Å². The molecule has 13 nitrogen and oxygen atoms in total. The minimum Gasteiger partial charge on any atom is -0.363 e. The van der Waals surface area contributed by atoms with Crippen LogP contribution in [0.15, 0.2) is 29.2 Å². The quantitative estimate of drug-likeness (QED) is 0.237. The van der Waals surface area contributed by atoms with Crippen LogP contribution in [-0.2, 0) is 35.7 Å². The van der Waals surface area contributed by atoms with Gasteiger partial charge in [-0.3, -0.25) is 19.2 Å². The van der Waals surface area contributed by atoms with Crippen LogP contribution in [0.2, 0.25) is 0 Å². The Labute approximate surface area is 307 Å². The van der Waals surface area contributed by atoms with E-state index in [9.17, 15) is 32.4 Å². The first-order chi connectivity index (χ1) is 24.4. The van der Waals surface area contributed by atoms with Crippen molar-refractivity contribution in [1.29, 1.82) is 0 Å². The van der Waals surface area contributed by atoms with Gasteiger partial charge in [-0.25, -0.2) is 13.2 Å². The van der Waals surface area contributed by atoms with Gasteiger partial charge in [0.05, 0.1) is 10.9 Å². The van der Waals surface area contributed by atoms with E-state index in [-0.39, 0.29) is 42.2 Å². The first kappa shape index (κ1) is 38.2. The predicted octanol–water partition coefficient (Wildman–Crippen LogP) is 3.07. The number of urea groups is 1. The molecule has 0 spiro atoms. The minimum atomic E-state index is -3.72. The smallest absolute Gasteiger partial charge is 0.315 e. The number of amides is 5. The van der Waals surface area contributed by atoms with Crippen molar-refractivity contribution in [2.75, 3.05) is 13.1 Å². The van der Waals surface area contributed by atoms with E-state index in [1.165, 1.54) is 9.21 Å². The fourth-order valence-corrected chi connectivity index (χ4v) is 10.9. The third-order valence-electron chi connectivity index (χ3n) is 12.7. The van der Waals surface area contributed by atoms with Gasteiger partial charge >= 0.3 is 6.03 Å². The standard InChI is InChI=1S/C38H56N6O7S/c1-37(2,3)32(42-36(49)41-27(23-14-7-6-8-15-23)21-43-19-24-16-9-10-17-28(24)52(43,50)51)35(48)44-20-25-29(38(25,4)5)30(44)34(47)40-26(31(45)33(39)46)18-22-12-11-13-22/h9-10,16-17,22-23,25-27,29-30,32H,6-8,11-15,18-21H2,1-5H3,(H2,39,46)(H,40,47)(H2,41,42,49)/t25-,26?,27+,29-,30-,32+/m0/s1. The monoisotopic (exact) mass is 740 g/mol. The van der Waals surface area contributed by atoms with Crippen molar-refractivity contribution in [2.45, 2.75) is 128 Å². The largest absolute Gasteiger partial charge is 0.363 e. The number of carbonyl (C=O) groups is 5. The highest BCUT2D eigenvalue weighted by Crippen LogP contribution is 2.65. The van der Waals surface area contributed by atoms with Gasteiger partial charge in [0, 0.05) is 25.7 Å². The Bertz CT molecular complexity index is 1700. The predicted molar refractivity (Wildman–Crippen MR) is 194 cm³/mol. The molecule has 5 aliphatic rings. The molecular formula is C38H56N6O7S. The summed E-state index contributed by atoms with van der Waals surface area (Å²) >= 11 is 0. The Balaban J connectivity index is 1.19. The minimum absolute atomic E-state index is 0.0563. The summed E-state index contributed by atoms with van der Waals surface area (Å²) in [6.07, 6.45) is 7.96. The lowest BCUT2D eigenvalue weighted by Gasteiger charge is -2.39. The van der Waals surface area contributed by atoms with Crippen LogP contribution in [0.3, 0.4) is 0 Å². The molecule has 1 aromatic carbocycles. The van der Waals surface area contributed by atoms with Crippen molar-refractivity contribution in [3.05, 3.63) is 29.8 Å². The number of hydrogen-bond donors (Lipinski definition) is 4. The molecule has 0 bridgehead atoms. The zero-order chi connectivity index (χ0) is 37.7. The van der Waals surface area contributed by atoms with Gasteiger partial charge < -0.3 is 26.6 Å². The van der Waals surface area contributed by atoms with Crippen LogP contribution in [0.1, 0.15) is 98.0 Å². The first-order valence-electron chi connectivity index (χ1n) is 19.0. The van der Waals surface area contributed by atoms with Gasteiger partial charge in [0.25, 0.3) is 5.91 Å². The van der Waals surface area contributed by atoms with Crippen molar-refractivity contribution in [1.82, 2.24) is 25.2 Å². The number of primary amides is 1. The van der Waals surface area contributed by atoms with Crippen molar-refractivity contribution in [2.24, 2.45) is 40.2 Å². The number of rotatable bonds is 12. The molecular weight excluding hydrogens is 685 g/mol. The lowest BCUT2D eigenvalue weighted by atomic mass is 9.80. The summed E-state index contributed by atoms with van der Waals surface area (Å²) in [6, 6.07) is 2.94. The lowest BCUT2D eigenvalue weighted by molar-refractivity contribution is -0.145. The highest BCUT2D eigenvalue weighted by molar-refractivity contribution is 7.89. The maximum absolute atomic E-state index is 14.5. The fraction of sp³-hybridized carbons (Fsp3) is 0.711. The van der Waals surface area contributed by atoms with E-state index in [1.807, 2.05) is 32.9 Å². The lowest BCUT2D eigenvalue weighted by Crippen LogP contribution is -2.62. The highest BCUT2D eigenvalue weighted by atomic mass is 32.2. The van der Waals surface area contributed by atoms with Crippen LogP contribution in [-0.4, -0.2) is 84.4 Å². The molecule has 286 valence electrons. The number of ketones is 1. The molecule has 3 saturated carbocycles. The second-order valence-electron chi connectivity index (χ2n) is 17.5. The molecule has 6 rings (SSSR count). The number of nitrogens with one attached hydrogen (secondary N) is 3. The molecule has 1 aromatic rings. The molecule has 3 aliphatic carbocycles. The molecule has 4 fully saturated rings. The maximum atomic E-state index is 14.5. The molecule has 1 unspecified atom stereocenters. The maximum Gasteiger partial charge on any atom is 0.315 e. The second-order valence-corrected chi connectivity index (χ2v) is 19.4. The number of nitrogens with zero attached hydrogens (tertiary/aromatic N) is 2. The molecule has 2 heterocycles. The number of nitrogens with two attached hydrogens (primary N) is 1. The molecule has 14 heteroatoms. The SMILES string of the molecule is CC(C)(C)[C@H](NC(=O)N[C@H](CN1Cc2ccccc2S1(=O)=O)C1CCCCC1)C(=O)N1C[C@H]2[C@@H]([C@H]1C(=O)NC(CC1CCC1)C(=O)C(N)=O)C2(C)C. The second kappa shape index (κ2) is 14.4. The van der Waals surface area contributed by atoms with Crippen LogP contribution in [0.4, 0.5) is 4.79 Å². The number of carbonyl (C=O) groups excluding carboxylic acids is 5. The molecule has 6 atom stereocenters. The van der Waals surface area contributed by atoms with Crippen LogP contribution >= 0.6 is 0 Å². The van der Waals surface area contributed by atoms with Crippen molar-refractivity contribution in [3.8, 4) is 0 Å². The number of piperidine rings is 1. The summed E-state index contributed by atoms with van der Waals surface area (Å²) in [7, 11) is -3.72. The number of fused-ring (bicyclic) bond motifs is 2. The normalized spacial score (nSPS) is 26.9. The van der Waals surface area contributed by atoms with E-state index in [0.717, 1.165) is 56.9 Å².